The summed E-state index contributed by atoms with van der Waals surface area (Å²) in [7, 11) is 3.91. The Balaban J connectivity index is 2.18. The van der Waals surface area contributed by atoms with Gasteiger partial charge in [-0.25, -0.2) is 9.97 Å². The summed E-state index contributed by atoms with van der Waals surface area (Å²) >= 11 is 0. The summed E-state index contributed by atoms with van der Waals surface area (Å²) in [6.45, 7) is 4.04. The predicted octanol–water partition coefficient (Wildman–Crippen LogP) is 1.01. The van der Waals surface area contributed by atoms with Crippen molar-refractivity contribution in [3.63, 3.8) is 0 Å². The molecule has 1 fully saturated rings. The van der Waals surface area contributed by atoms with Crippen LogP contribution in [0, 0.1) is 6.92 Å². The van der Waals surface area contributed by atoms with Gasteiger partial charge in [0.2, 0.25) is 0 Å². The molecule has 1 aliphatic rings. The second-order valence-corrected chi connectivity index (χ2v) is 4.48. The first-order valence-electron chi connectivity index (χ1n) is 6.18. The highest BCUT2D eigenvalue weighted by molar-refractivity contribution is 5.49. The number of nitrogens with one attached hydrogen (secondary N) is 2. The highest BCUT2D eigenvalue weighted by Gasteiger charge is 2.20. The van der Waals surface area contributed by atoms with Gasteiger partial charge < -0.3 is 15.5 Å². The Labute approximate surface area is 103 Å². The molecule has 1 aliphatic heterocycles. The lowest BCUT2D eigenvalue weighted by Gasteiger charge is -2.33. The Morgan fingerprint density at radius 1 is 1.35 bits per heavy atom. The third-order valence-corrected chi connectivity index (χ3v) is 3.23. The van der Waals surface area contributed by atoms with Crippen LogP contribution in [0.1, 0.15) is 18.7 Å². The summed E-state index contributed by atoms with van der Waals surface area (Å²) < 4.78 is 0. The van der Waals surface area contributed by atoms with Crippen molar-refractivity contribution in [3.8, 4) is 0 Å². The van der Waals surface area contributed by atoms with Crippen LogP contribution in [0.25, 0.3) is 0 Å². The van der Waals surface area contributed by atoms with E-state index >= 15 is 0 Å². The third-order valence-electron chi connectivity index (χ3n) is 3.23. The van der Waals surface area contributed by atoms with Gasteiger partial charge in [-0.2, -0.15) is 0 Å². The van der Waals surface area contributed by atoms with Crippen LogP contribution in [-0.2, 0) is 0 Å². The standard InChI is InChI=1S/C12H21N5/c1-9-15-11(14-3)7-12(16-9)17-6-4-5-10(8-17)13-2/h7,10,13H,4-6,8H2,1-3H3,(H,14,15,16). The number of aryl methyl sites for hydroxylation is 1. The molecule has 1 aromatic rings. The van der Waals surface area contributed by atoms with Gasteiger partial charge in [0.05, 0.1) is 0 Å². The lowest BCUT2D eigenvalue weighted by molar-refractivity contribution is 0.447. The zero-order valence-electron chi connectivity index (χ0n) is 10.8. The molecule has 5 heteroatoms. The van der Waals surface area contributed by atoms with Crippen LogP contribution in [0.2, 0.25) is 0 Å². The van der Waals surface area contributed by atoms with Crippen LogP contribution in [0.5, 0.6) is 0 Å². The monoisotopic (exact) mass is 235 g/mol. The molecule has 0 spiro atoms. The second kappa shape index (κ2) is 5.31. The van der Waals surface area contributed by atoms with Gasteiger partial charge in [0.1, 0.15) is 17.5 Å². The van der Waals surface area contributed by atoms with Gasteiger partial charge in [-0.05, 0) is 26.8 Å². The largest absolute Gasteiger partial charge is 0.373 e. The molecule has 5 nitrogen and oxygen atoms in total. The van der Waals surface area contributed by atoms with E-state index in [1.807, 2.05) is 27.1 Å². The minimum absolute atomic E-state index is 0.567. The summed E-state index contributed by atoms with van der Waals surface area (Å²) in [4.78, 5) is 11.2. The maximum absolute atomic E-state index is 4.52. The van der Waals surface area contributed by atoms with Gasteiger partial charge in [0, 0.05) is 32.2 Å². The van der Waals surface area contributed by atoms with Crippen molar-refractivity contribution in [1.82, 2.24) is 15.3 Å². The summed E-state index contributed by atoms with van der Waals surface area (Å²) in [5.41, 5.74) is 0. The topological polar surface area (TPSA) is 53.1 Å². The second-order valence-electron chi connectivity index (χ2n) is 4.48. The lowest BCUT2D eigenvalue weighted by Crippen LogP contribution is -2.44. The first-order valence-corrected chi connectivity index (χ1v) is 6.18. The molecule has 0 saturated carbocycles. The Hall–Kier alpha value is -1.36. The fraction of sp³-hybridized carbons (Fsp3) is 0.667. The van der Waals surface area contributed by atoms with Gasteiger partial charge in [-0.15, -0.1) is 0 Å². The van der Waals surface area contributed by atoms with Crippen LogP contribution in [0.15, 0.2) is 6.07 Å². The van der Waals surface area contributed by atoms with E-state index in [1.165, 1.54) is 12.8 Å². The Bertz CT molecular complexity index is 379. The fourth-order valence-electron chi connectivity index (χ4n) is 2.26. The molecule has 2 rings (SSSR count). The van der Waals surface area contributed by atoms with Crippen molar-refractivity contribution >= 4 is 11.6 Å². The summed E-state index contributed by atoms with van der Waals surface area (Å²) in [5, 5.41) is 6.43. The van der Waals surface area contributed by atoms with E-state index in [2.05, 4.69) is 25.5 Å². The van der Waals surface area contributed by atoms with Crippen molar-refractivity contribution < 1.29 is 0 Å². The number of hydrogen-bond donors (Lipinski definition) is 2. The van der Waals surface area contributed by atoms with Crippen molar-refractivity contribution in [2.45, 2.75) is 25.8 Å². The Morgan fingerprint density at radius 3 is 2.88 bits per heavy atom. The fourth-order valence-corrected chi connectivity index (χ4v) is 2.26. The van der Waals surface area contributed by atoms with E-state index in [-0.39, 0.29) is 0 Å². The molecule has 2 heterocycles. The van der Waals surface area contributed by atoms with E-state index in [1.54, 1.807) is 0 Å². The van der Waals surface area contributed by atoms with Crippen LogP contribution in [0.3, 0.4) is 0 Å². The Morgan fingerprint density at radius 2 is 2.18 bits per heavy atom. The van der Waals surface area contributed by atoms with Crippen LogP contribution in [0.4, 0.5) is 11.6 Å². The van der Waals surface area contributed by atoms with Crippen molar-refractivity contribution in [2.75, 3.05) is 37.4 Å². The number of hydrogen-bond acceptors (Lipinski definition) is 5. The molecule has 17 heavy (non-hydrogen) atoms. The van der Waals surface area contributed by atoms with Gasteiger partial charge in [0.15, 0.2) is 0 Å². The summed E-state index contributed by atoms with van der Waals surface area (Å²) in [6.07, 6.45) is 2.46. The minimum Gasteiger partial charge on any atom is -0.373 e. The zero-order chi connectivity index (χ0) is 12.3. The first-order chi connectivity index (χ1) is 8.22. The van der Waals surface area contributed by atoms with Crippen LogP contribution in [-0.4, -0.2) is 43.2 Å². The van der Waals surface area contributed by atoms with Crippen LogP contribution >= 0.6 is 0 Å². The smallest absolute Gasteiger partial charge is 0.134 e. The maximum atomic E-state index is 4.52. The van der Waals surface area contributed by atoms with Gasteiger partial charge in [-0.1, -0.05) is 0 Å². The quantitative estimate of drug-likeness (QED) is 0.819. The zero-order valence-corrected chi connectivity index (χ0v) is 10.8. The Kier molecular flexibility index (Phi) is 3.78. The number of anilines is 2. The van der Waals surface area contributed by atoms with E-state index in [4.69, 9.17) is 0 Å². The molecule has 1 unspecified atom stereocenters. The van der Waals surface area contributed by atoms with Crippen molar-refractivity contribution in [3.05, 3.63) is 11.9 Å². The van der Waals surface area contributed by atoms with E-state index in [0.29, 0.717) is 6.04 Å². The number of aromatic nitrogens is 2. The normalized spacial score (nSPS) is 20.4. The SMILES string of the molecule is CNc1cc(N2CCCC(NC)C2)nc(C)n1. The molecule has 0 bridgehead atoms. The molecule has 1 saturated heterocycles. The van der Waals surface area contributed by atoms with Gasteiger partial charge in [-0.3, -0.25) is 0 Å². The average Bonchev–Trinajstić information content (AvgIpc) is 2.38. The predicted molar refractivity (Wildman–Crippen MR) is 70.6 cm³/mol. The van der Waals surface area contributed by atoms with Crippen LogP contribution < -0.4 is 15.5 Å². The molecule has 1 aromatic heterocycles. The maximum Gasteiger partial charge on any atom is 0.134 e. The number of nitrogens with zero attached hydrogens (tertiary/aromatic N) is 3. The van der Waals surface area contributed by atoms with E-state index in [9.17, 15) is 0 Å². The molecular formula is C12H21N5. The molecule has 0 aliphatic carbocycles. The molecule has 0 aromatic carbocycles. The minimum atomic E-state index is 0.567. The van der Waals surface area contributed by atoms with E-state index < -0.39 is 0 Å². The van der Waals surface area contributed by atoms with Crippen molar-refractivity contribution in [1.29, 1.82) is 0 Å². The molecule has 2 N–H and O–H groups in total. The first kappa shape index (κ1) is 12.1. The number of piperidine rings is 1. The highest BCUT2D eigenvalue weighted by Crippen LogP contribution is 2.20. The van der Waals surface area contributed by atoms with Gasteiger partial charge in [0.25, 0.3) is 0 Å². The number of likely N-dealkylation sites (N-methyl/N-ethyl adjacent to an activating group) is 1. The summed E-state index contributed by atoms with van der Waals surface area (Å²) in [5.74, 6) is 2.74. The summed E-state index contributed by atoms with van der Waals surface area (Å²) in [6, 6.07) is 2.59. The molecule has 94 valence electrons. The highest BCUT2D eigenvalue weighted by atomic mass is 15.2. The van der Waals surface area contributed by atoms with E-state index in [0.717, 1.165) is 30.5 Å². The number of rotatable bonds is 3. The molecule has 0 radical (unpaired) electrons. The van der Waals surface area contributed by atoms with Gasteiger partial charge >= 0.3 is 0 Å². The van der Waals surface area contributed by atoms with Crippen molar-refractivity contribution in [2.24, 2.45) is 0 Å². The molecule has 1 atom stereocenters. The average molecular weight is 235 g/mol. The molecular weight excluding hydrogens is 214 g/mol. The lowest BCUT2D eigenvalue weighted by atomic mass is 10.1. The third kappa shape index (κ3) is 2.85. The molecule has 0 amide bonds.